The Kier molecular flexibility index (Phi) is 3.08. The number of pyridine rings is 1. The number of nitrogens with two attached hydrogens (primary N) is 1. The molecule has 2 fully saturated rings. The smallest absolute Gasteiger partial charge is 0.129 e. The number of anilines is 1. The first-order valence-corrected chi connectivity index (χ1v) is 7.97. The maximum absolute atomic E-state index is 5.84. The fraction of sp³-hybridized carbons (Fsp3) is 0.389. The summed E-state index contributed by atoms with van der Waals surface area (Å²) in [5.74, 6) is 1.07. The number of piperazine rings is 1. The Morgan fingerprint density at radius 1 is 1.36 bits per heavy atom. The number of aromatic nitrogens is 1. The van der Waals surface area contributed by atoms with Crippen molar-refractivity contribution >= 4 is 16.6 Å². The van der Waals surface area contributed by atoms with Crippen molar-refractivity contribution in [1.82, 2.24) is 10.3 Å². The monoisotopic (exact) mass is 294 g/mol. The van der Waals surface area contributed by atoms with E-state index in [1.807, 2.05) is 0 Å². The average Bonchev–Trinajstić information content (AvgIpc) is 3.25. The number of hydrogen-bond donors (Lipinski definition) is 2. The minimum atomic E-state index is 0.350. The molecule has 0 amide bonds. The lowest BCUT2D eigenvalue weighted by atomic mass is 10.1. The van der Waals surface area contributed by atoms with Crippen molar-refractivity contribution in [3.05, 3.63) is 48.3 Å². The van der Waals surface area contributed by atoms with Gasteiger partial charge in [0, 0.05) is 42.7 Å². The molecule has 114 valence electrons. The molecule has 1 saturated carbocycles. The fourth-order valence-corrected chi connectivity index (χ4v) is 3.41. The molecule has 1 aliphatic carbocycles. The number of benzene rings is 1. The molecule has 0 atom stereocenters. The van der Waals surface area contributed by atoms with Crippen LogP contribution >= 0.6 is 0 Å². The Bertz CT molecular complexity index is 733. The molecule has 0 radical (unpaired) electrons. The lowest BCUT2D eigenvalue weighted by molar-refractivity contribution is 0.440. The van der Waals surface area contributed by atoms with Crippen LogP contribution in [-0.2, 0) is 6.42 Å². The predicted molar refractivity (Wildman–Crippen MR) is 91.0 cm³/mol. The molecule has 2 aliphatic rings. The van der Waals surface area contributed by atoms with Gasteiger partial charge in [-0.3, -0.25) is 0 Å². The zero-order chi connectivity index (χ0) is 15.2. The van der Waals surface area contributed by atoms with Crippen molar-refractivity contribution in [2.45, 2.75) is 24.8 Å². The molecule has 4 heteroatoms. The van der Waals surface area contributed by atoms with Crippen LogP contribution in [0.25, 0.3) is 10.8 Å². The number of nitrogens with zero attached hydrogens (tertiary/aromatic N) is 2. The van der Waals surface area contributed by atoms with Crippen molar-refractivity contribution in [1.29, 1.82) is 0 Å². The summed E-state index contributed by atoms with van der Waals surface area (Å²) in [5.41, 5.74) is 7.88. The van der Waals surface area contributed by atoms with Gasteiger partial charge in [-0.1, -0.05) is 30.8 Å². The predicted octanol–water partition coefficient (Wildman–Crippen LogP) is 2.19. The highest BCUT2D eigenvalue weighted by Crippen LogP contribution is 2.38. The van der Waals surface area contributed by atoms with Gasteiger partial charge in [0.1, 0.15) is 5.82 Å². The Morgan fingerprint density at radius 2 is 2.18 bits per heavy atom. The Hall–Kier alpha value is -2.07. The summed E-state index contributed by atoms with van der Waals surface area (Å²) in [5, 5.41) is 6.05. The molecule has 4 rings (SSSR count). The van der Waals surface area contributed by atoms with Gasteiger partial charge in [0.05, 0.1) is 5.69 Å². The summed E-state index contributed by atoms with van der Waals surface area (Å²) in [6.07, 6.45) is 3.19. The summed E-state index contributed by atoms with van der Waals surface area (Å²) >= 11 is 0. The first-order valence-electron chi connectivity index (χ1n) is 7.97. The summed E-state index contributed by atoms with van der Waals surface area (Å²) in [4.78, 5) is 7.33. The van der Waals surface area contributed by atoms with E-state index in [4.69, 9.17) is 10.7 Å². The molecule has 1 aromatic heterocycles. The van der Waals surface area contributed by atoms with Gasteiger partial charge in [-0.2, -0.15) is 0 Å². The fourth-order valence-electron chi connectivity index (χ4n) is 3.41. The van der Waals surface area contributed by atoms with Gasteiger partial charge in [0.2, 0.25) is 0 Å². The van der Waals surface area contributed by atoms with E-state index in [0.29, 0.717) is 17.7 Å². The van der Waals surface area contributed by atoms with Crippen molar-refractivity contribution in [2.75, 3.05) is 24.5 Å². The van der Waals surface area contributed by atoms with E-state index in [0.717, 1.165) is 31.1 Å². The molecule has 22 heavy (non-hydrogen) atoms. The maximum Gasteiger partial charge on any atom is 0.129 e. The maximum atomic E-state index is 5.84. The Morgan fingerprint density at radius 3 is 2.95 bits per heavy atom. The topological polar surface area (TPSA) is 54.2 Å². The zero-order valence-electron chi connectivity index (χ0n) is 12.8. The van der Waals surface area contributed by atoms with E-state index in [1.54, 1.807) is 0 Å². The minimum Gasteiger partial charge on any atom is -0.402 e. The summed E-state index contributed by atoms with van der Waals surface area (Å²) in [7, 11) is 0. The van der Waals surface area contributed by atoms with Crippen LogP contribution in [0.1, 0.15) is 18.5 Å². The number of allylic oxidation sites excluding steroid dienone is 1. The molecule has 4 nitrogen and oxygen atoms in total. The molecule has 0 bridgehead atoms. The molecular formula is C18H22N4. The van der Waals surface area contributed by atoms with Crippen LogP contribution in [0.15, 0.2) is 42.6 Å². The zero-order valence-corrected chi connectivity index (χ0v) is 12.8. The van der Waals surface area contributed by atoms with Crippen LogP contribution in [0.3, 0.4) is 0 Å². The Balaban J connectivity index is 1.75. The van der Waals surface area contributed by atoms with E-state index < -0.39 is 0 Å². The van der Waals surface area contributed by atoms with Gasteiger partial charge >= 0.3 is 0 Å². The first-order chi connectivity index (χ1) is 10.7. The average molecular weight is 294 g/mol. The van der Waals surface area contributed by atoms with E-state index in [-0.39, 0.29) is 0 Å². The minimum absolute atomic E-state index is 0.350. The lowest BCUT2D eigenvalue weighted by Crippen LogP contribution is -2.52. The van der Waals surface area contributed by atoms with E-state index in [9.17, 15) is 0 Å². The molecule has 2 aromatic rings. The van der Waals surface area contributed by atoms with Crippen LogP contribution in [0, 0.1) is 0 Å². The molecular weight excluding hydrogens is 272 g/mol. The Labute approximate surface area is 131 Å². The van der Waals surface area contributed by atoms with E-state index in [2.05, 4.69) is 47.1 Å². The van der Waals surface area contributed by atoms with Gasteiger partial charge in [-0.05, 0) is 24.3 Å². The van der Waals surface area contributed by atoms with Gasteiger partial charge in [-0.25, -0.2) is 4.98 Å². The third kappa shape index (κ3) is 2.44. The lowest BCUT2D eigenvalue weighted by Gasteiger charge is -2.35. The van der Waals surface area contributed by atoms with Crippen LogP contribution in [0.5, 0.6) is 0 Å². The quantitative estimate of drug-likeness (QED) is 0.911. The van der Waals surface area contributed by atoms with Crippen LogP contribution in [0.4, 0.5) is 5.82 Å². The van der Waals surface area contributed by atoms with Crippen molar-refractivity contribution in [3.8, 4) is 0 Å². The van der Waals surface area contributed by atoms with Crippen molar-refractivity contribution < 1.29 is 0 Å². The van der Waals surface area contributed by atoms with Crippen LogP contribution < -0.4 is 16.0 Å². The summed E-state index contributed by atoms with van der Waals surface area (Å²) < 4.78 is 0. The van der Waals surface area contributed by atoms with Crippen LogP contribution in [-0.4, -0.2) is 30.2 Å². The SMILES string of the molecule is C=C(N)Cc1nc(N2CCNC3(CC3)C2)cc2ccccc12. The second-order valence-electron chi connectivity index (χ2n) is 6.61. The van der Waals surface area contributed by atoms with Crippen molar-refractivity contribution in [2.24, 2.45) is 5.73 Å². The molecule has 1 spiro atoms. The van der Waals surface area contributed by atoms with Gasteiger partial charge in [0.15, 0.2) is 0 Å². The van der Waals surface area contributed by atoms with Crippen molar-refractivity contribution in [3.63, 3.8) is 0 Å². The third-order valence-corrected chi connectivity index (χ3v) is 4.75. The molecule has 0 unspecified atom stereocenters. The number of nitrogens with one attached hydrogen (secondary N) is 1. The van der Waals surface area contributed by atoms with Gasteiger partial charge in [0.25, 0.3) is 0 Å². The largest absolute Gasteiger partial charge is 0.402 e. The standard InChI is InChI=1S/C18H22N4/c1-13(19)10-16-15-5-3-2-4-14(15)11-17(21-16)22-9-8-20-18(12-22)6-7-18/h2-5,11,20H,1,6-10,12,19H2. The summed E-state index contributed by atoms with van der Waals surface area (Å²) in [6.45, 7) is 6.95. The number of hydrogen-bond acceptors (Lipinski definition) is 4. The second-order valence-corrected chi connectivity index (χ2v) is 6.61. The number of fused-ring (bicyclic) bond motifs is 1. The molecule has 3 N–H and O–H groups in total. The highest BCUT2D eigenvalue weighted by atomic mass is 15.3. The summed E-state index contributed by atoms with van der Waals surface area (Å²) in [6, 6.07) is 10.6. The molecule has 2 heterocycles. The highest BCUT2D eigenvalue weighted by molar-refractivity contribution is 5.87. The molecule has 1 aliphatic heterocycles. The van der Waals surface area contributed by atoms with Gasteiger partial charge in [-0.15, -0.1) is 0 Å². The third-order valence-electron chi connectivity index (χ3n) is 4.75. The van der Waals surface area contributed by atoms with E-state index in [1.165, 1.54) is 23.6 Å². The van der Waals surface area contributed by atoms with Gasteiger partial charge < -0.3 is 16.0 Å². The highest BCUT2D eigenvalue weighted by Gasteiger charge is 2.45. The van der Waals surface area contributed by atoms with E-state index >= 15 is 0 Å². The molecule has 1 saturated heterocycles. The molecule has 1 aromatic carbocycles. The second kappa shape index (κ2) is 4.99. The first kappa shape index (κ1) is 13.6. The number of rotatable bonds is 3. The van der Waals surface area contributed by atoms with Crippen LogP contribution in [0.2, 0.25) is 0 Å². The normalized spacial score (nSPS) is 19.5.